The van der Waals surface area contributed by atoms with Gasteiger partial charge >= 0.3 is 0 Å². The number of hydrogen-bond donors (Lipinski definition) is 2. The molecule has 0 amide bonds. The Morgan fingerprint density at radius 1 is 0.867 bits per heavy atom. The molecular weight excluding hydrogens is 376 g/mol. The van der Waals surface area contributed by atoms with Gasteiger partial charge in [0, 0.05) is 28.4 Å². The summed E-state index contributed by atoms with van der Waals surface area (Å²) in [6.45, 7) is 1.92. The van der Waals surface area contributed by atoms with Gasteiger partial charge in [-0.1, -0.05) is 48.5 Å². The van der Waals surface area contributed by atoms with Crippen LogP contribution in [0.25, 0.3) is 10.9 Å². The van der Waals surface area contributed by atoms with Crippen molar-refractivity contribution >= 4 is 16.6 Å². The molecule has 5 nitrogen and oxygen atoms in total. The van der Waals surface area contributed by atoms with Gasteiger partial charge in [0.05, 0.1) is 20.3 Å². The highest BCUT2D eigenvalue weighted by atomic mass is 16.5. The summed E-state index contributed by atoms with van der Waals surface area (Å²) in [5.41, 5.74) is 4.08. The first-order valence-electron chi connectivity index (χ1n) is 9.73. The molecule has 2 N–H and O–H groups in total. The summed E-state index contributed by atoms with van der Waals surface area (Å²) in [6, 6.07) is 23.2. The van der Waals surface area contributed by atoms with E-state index < -0.39 is 0 Å². The van der Waals surface area contributed by atoms with E-state index in [4.69, 9.17) is 9.47 Å². The standard InChI is InChI=1S/C25H24N2O3/c1-16-9-10-18-11-13-20(25(28)24(18)26-16)23(17-7-5-4-6-8-17)27-19-12-14-21(29-2)22(15-19)30-3/h4-15,23,27-28H,1-3H3. The molecule has 3 aromatic carbocycles. The molecule has 0 saturated heterocycles. The number of methoxy groups -OCH3 is 2. The molecule has 1 atom stereocenters. The van der Waals surface area contributed by atoms with Crippen molar-refractivity contribution in [1.82, 2.24) is 4.98 Å². The number of nitrogens with one attached hydrogen (secondary N) is 1. The van der Waals surface area contributed by atoms with Crippen LogP contribution in [0.2, 0.25) is 0 Å². The van der Waals surface area contributed by atoms with Crippen LogP contribution in [0.5, 0.6) is 17.2 Å². The summed E-state index contributed by atoms with van der Waals surface area (Å²) >= 11 is 0. The zero-order valence-corrected chi connectivity index (χ0v) is 17.2. The monoisotopic (exact) mass is 400 g/mol. The average molecular weight is 400 g/mol. The van der Waals surface area contributed by atoms with Crippen molar-refractivity contribution in [2.75, 3.05) is 19.5 Å². The van der Waals surface area contributed by atoms with E-state index in [0.29, 0.717) is 17.0 Å². The Morgan fingerprint density at radius 2 is 1.60 bits per heavy atom. The summed E-state index contributed by atoms with van der Waals surface area (Å²) in [6.07, 6.45) is 0. The number of anilines is 1. The van der Waals surface area contributed by atoms with Crippen LogP contribution in [0.1, 0.15) is 22.9 Å². The van der Waals surface area contributed by atoms with Crippen molar-refractivity contribution in [3.8, 4) is 17.2 Å². The van der Waals surface area contributed by atoms with E-state index in [1.54, 1.807) is 14.2 Å². The Morgan fingerprint density at radius 3 is 2.33 bits per heavy atom. The number of phenolic OH excluding ortho intramolecular Hbond substituents is 1. The summed E-state index contributed by atoms with van der Waals surface area (Å²) in [4.78, 5) is 4.55. The molecule has 1 aromatic heterocycles. The molecule has 152 valence electrons. The highest BCUT2D eigenvalue weighted by Crippen LogP contribution is 2.38. The second-order valence-electron chi connectivity index (χ2n) is 7.09. The van der Waals surface area contributed by atoms with Gasteiger partial charge in [-0.3, -0.25) is 0 Å². The van der Waals surface area contributed by atoms with Gasteiger partial charge in [-0.2, -0.15) is 0 Å². The minimum atomic E-state index is -0.281. The third kappa shape index (κ3) is 3.74. The molecule has 0 saturated carbocycles. The van der Waals surface area contributed by atoms with Crippen LogP contribution in [0, 0.1) is 6.92 Å². The van der Waals surface area contributed by atoms with Crippen LogP contribution in [0.3, 0.4) is 0 Å². The van der Waals surface area contributed by atoms with Crippen LogP contribution >= 0.6 is 0 Å². The van der Waals surface area contributed by atoms with E-state index >= 15 is 0 Å². The Labute approximate surface area is 175 Å². The Kier molecular flexibility index (Phi) is 5.44. The molecule has 0 spiro atoms. The average Bonchev–Trinajstić information content (AvgIpc) is 2.79. The zero-order chi connectivity index (χ0) is 21.1. The molecule has 0 fully saturated rings. The summed E-state index contributed by atoms with van der Waals surface area (Å²) in [5.74, 6) is 1.47. The van der Waals surface area contributed by atoms with E-state index in [9.17, 15) is 5.11 Å². The Hall–Kier alpha value is -3.73. The third-order valence-electron chi connectivity index (χ3n) is 5.14. The molecule has 0 radical (unpaired) electrons. The lowest BCUT2D eigenvalue weighted by Gasteiger charge is -2.23. The van der Waals surface area contributed by atoms with Crippen LogP contribution in [0.4, 0.5) is 5.69 Å². The molecule has 4 rings (SSSR count). The minimum Gasteiger partial charge on any atom is -0.505 e. The van der Waals surface area contributed by atoms with E-state index in [0.717, 1.165) is 27.9 Å². The van der Waals surface area contributed by atoms with Crippen molar-refractivity contribution in [3.63, 3.8) is 0 Å². The van der Waals surface area contributed by atoms with E-state index in [1.807, 2.05) is 79.7 Å². The maximum Gasteiger partial charge on any atom is 0.162 e. The first kappa shape index (κ1) is 19.6. The maximum absolute atomic E-state index is 11.1. The summed E-state index contributed by atoms with van der Waals surface area (Å²) < 4.78 is 10.8. The second-order valence-corrected chi connectivity index (χ2v) is 7.09. The number of nitrogens with zero attached hydrogens (tertiary/aromatic N) is 1. The lowest BCUT2D eigenvalue weighted by molar-refractivity contribution is 0.355. The first-order chi connectivity index (χ1) is 14.6. The van der Waals surface area contributed by atoms with Gasteiger partial charge < -0.3 is 19.9 Å². The number of aromatic hydroxyl groups is 1. The fraction of sp³-hybridized carbons (Fsp3) is 0.160. The van der Waals surface area contributed by atoms with Crippen molar-refractivity contribution in [1.29, 1.82) is 0 Å². The molecule has 1 unspecified atom stereocenters. The lowest BCUT2D eigenvalue weighted by Crippen LogP contribution is -2.13. The van der Waals surface area contributed by atoms with Gasteiger partial charge in [0.2, 0.25) is 0 Å². The van der Waals surface area contributed by atoms with Crippen molar-refractivity contribution in [3.05, 3.63) is 89.6 Å². The predicted molar refractivity (Wildman–Crippen MR) is 120 cm³/mol. The SMILES string of the molecule is COc1ccc(NC(c2ccccc2)c2ccc3ccc(C)nc3c2O)cc1OC. The normalized spacial score (nSPS) is 11.8. The van der Waals surface area contributed by atoms with Crippen molar-refractivity contribution in [2.24, 2.45) is 0 Å². The van der Waals surface area contributed by atoms with Gasteiger partial charge in [0.1, 0.15) is 11.3 Å². The molecule has 4 aromatic rings. The van der Waals surface area contributed by atoms with Gasteiger partial charge in [0.15, 0.2) is 11.5 Å². The molecule has 0 bridgehead atoms. The molecule has 0 aliphatic carbocycles. The molecule has 0 aliphatic heterocycles. The van der Waals surface area contributed by atoms with Gasteiger partial charge in [-0.15, -0.1) is 0 Å². The molecule has 1 heterocycles. The molecular formula is C25H24N2O3. The zero-order valence-electron chi connectivity index (χ0n) is 17.2. The quantitative estimate of drug-likeness (QED) is 0.449. The highest BCUT2D eigenvalue weighted by molar-refractivity contribution is 5.86. The number of fused-ring (bicyclic) bond motifs is 1. The number of benzene rings is 3. The van der Waals surface area contributed by atoms with Gasteiger partial charge in [0.25, 0.3) is 0 Å². The molecule has 0 aliphatic rings. The van der Waals surface area contributed by atoms with Crippen molar-refractivity contribution in [2.45, 2.75) is 13.0 Å². The van der Waals surface area contributed by atoms with Crippen LogP contribution in [-0.4, -0.2) is 24.3 Å². The fourth-order valence-corrected chi connectivity index (χ4v) is 3.60. The summed E-state index contributed by atoms with van der Waals surface area (Å²) in [7, 11) is 3.22. The van der Waals surface area contributed by atoms with Crippen LogP contribution in [-0.2, 0) is 0 Å². The summed E-state index contributed by atoms with van der Waals surface area (Å²) in [5, 5.41) is 15.6. The number of ether oxygens (including phenoxy) is 2. The third-order valence-corrected chi connectivity index (χ3v) is 5.14. The smallest absolute Gasteiger partial charge is 0.162 e. The number of hydrogen-bond acceptors (Lipinski definition) is 5. The van der Waals surface area contributed by atoms with Crippen LogP contribution in [0.15, 0.2) is 72.8 Å². The minimum absolute atomic E-state index is 0.179. The second kappa shape index (κ2) is 8.33. The van der Waals surface area contributed by atoms with Crippen LogP contribution < -0.4 is 14.8 Å². The number of aryl methyl sites for hydroxylation is 1. The number of aromatic nitrogens is 1. The predicted octanol–water partition coefficient (Wildman–Crippen LogP) is 5.47. The fourth-order valence-electron chi connectivity index (χ4n) is 3.60. The van der Waals surface area contributed by atoms with Gasteiger partial charge in [-0.25, -0.2) is 4.98 Å². The highest BCUT2D eigenvalue weighted by Gasteiger charge is 2.20. The maximum atomic E-state index is 11.1. The van der Waals surface area contributed by atoms with E-state index in [2.05, 4.69) is 10.3 Å². The van der Waals surface area contributed by atoms with Crippen molar-refractivity contribution < 1.29 is 14.6 Å². The number of pyridine rings is 1. The van der Waals surface area contributed by atoms with Gasteiger partial charge in [-0.05, 0) is 30.7 Å². The Bertz CT molecular complexity index is 1180. The lowest BCUT2D eigenvalue weighted by atomic mass is 9.96. The number of rotatable bonds is 6. The first-order valence-corrected chi connectivity index (χ1v) is 9.73. The van der Waals surface area contributed by atoms with E-state index in [-0.39, 0.29) is 11.8 Å². The topological polar surface area (TPSA) is 63.6 Å². The van der Waals surface area contributed by atoms with E-state index in [1.165, 1.54) is 0 Å². The number of phenols is 1. The molecule has 30 heavy (non-hydrogen) atoms. The molecule has 5 heteroatoms. The largest absolute Gasteiger partial charge is 0.505 e. The Balaban J connectivity index is 1.82.